The zero-order chi connectivity index (χ0) is 15.0. The molecule has 1 aromatic carbocycles. The Hall–Kier alpha value is -2.39. The average molecular weight is 275 g/mol. The molecule has 1 atom stereocenters. The van der Waals surface area contributed by atoms with E-state index in [2.05, 4.69) is 12.2 Å². The first kappa shape index (κ1) is 15.7. The predicted molar refractivity (Wildman–Crippen MR) is 72.8 cm³/mol. The van der Waals surface area contributed by atoms with Gasteiger partial charge >= 0.3 is 6.15 Å². The Morgan fingerprint density at radius 1 is 1.40 bits per heavy atom. The lowest BCUT2D eigenvalue weighted by Gasteiger charge is -2.18. The van der Waals surface area contributed by atoms with Gasteiger partial charge in [0.15, 0.2) is 0 Å². The molecule has 0 aliphatic heterocycles. The molecule has 106 valence electrons. The number of hydrogen-bond donors (Lipinski definition) is 2. The Morgan fingerprint density at radius 3 is 2.70 bits per heavy atom. The van der Waals surface area contributed by atoms with Crippen LogP contribution in [0, 0.1) is 5.92 Å². The summed E-state index contributed by atoms with van der Waals surface area (Å²) < 4.78 is 0. The van der Waals surface area contributed by atoms with E-state index in [0.717, 1.165) is 24.8 Å². The first-order valence-electron chi connectivity index (χ1n) is 6.35. The molecule has 0 saturated carbocycles. The molecule has 0 aromatic heterocycles. The van der Waals surface area contributed by atoms with E-state index < -0.39 is 0 Å². The third kappa shape index (κ3) is 5.08. The van der Waals surface area contributed by atoms with Gasteiger partial charge in [0.1, 0.15) is 5.75 Å². The highest BCUT2D eigenvalue weighted by Gasteiger charge is 2.17. The second-order valence-corrected chi connectivity index (χ2v) is 4.70. The molecule has 1 aliphatic rings. The average Bonchev–Trinajstić information content (AvgIpc) is 2.39. The summed E-state index contributed by atoms with van der Waals surface area (Å²) in [6.45, 7) is 2.16. The summed E-state index contributed by atoms with van der Waals surface area (Å²) >= 11 is 0. The molecule has 0 radical (unpaired) electrons. The minimum atomic E-state index is -0.0536. The van der Waals surface area contributed by atoms with Crippen LogP contribution in [0.15, 0.2) is 35.9 Å². The number of aromatic hydroxyl groups is 1. The van der Waals surface area contributed by atoms with Crippen LogP contribution in [0.25, 0.3) is 0 Å². The first-order chi connectivity index (χ1) is 9.56. The fraction of sp³-hybridized carbons (Fsp3) is 0.333. The topological polar surface area (TPSA) is 83.5 Å². The van der Waals surface area contributed by atoms with Crippen LogP contribution in [0.3, 0.4) is 0 Å². The van der Waals surface area contributed by atoms with Crippen molar-refractivity contribution in [3.05, 3.63) is 35.9 Å². The van der Waals surface area contributed by atoms with Crippen LogP contribution in [0.4, 0.5) is 5.69 Å². The van der Waals surface area contributed by atoms with E-state index in [1.807, 2.05) is 6.08 Å². The van der Waals surface area contributed by atoms with Crippen LogP contribution in [0.2, 0.25) is 0 Å². The molecular weight excluding hydrogens is 258 g/mol. The standard InChI is InChI=1S/C14H17NO2.CO2/c1-10-4-2-5-11(8-10)14(17)15-12-6-3-7-13(16)9-12;2-1-3/h3,5-7,9-10,16H,2,4,8H2,1H3,(H,15,17);. The van der Waals surface area contributed by atoms with Crippen molar-refractivity contribution in [1.29, 1.82) is 0 Å². The lowest BCUT2D eigenvalue weighted by Crippen LogP contribution is -2.18. The maximum absolute atomic E-state index is 12.0. The summed E-state index contributed by atoms with van der Waals surface area (Å²) in [6.07, 6.45) is 5.23. The number of benzene rings is 1. The highest BCUT2D eigenvalue weighted by molar-refractivity contribution is 6.03. The maximum Gasteiger partial charge on any atom is 0.373 e. The van der Waals surface area contributed by atoms with Crippen molar-refractivity contribution in [2.75, 3.05) is 5.32 Å². The smallest absolute Gasteiger partial charge is 0.373 e. The van der Waals surface area contributed by atoms with Crippen LogP contribution < -0.4 is 5.32 Å². The van der Waals surface area contributed by atoms with Crippen molar-refractivity contribution in [2.45, 2.75) is 26.2 Å². The fourth-order valence-electron chi connectivity index (χ4n) is 2.08. The molecule has 0 saturated heterocycles. The summed E-state index contributed by atoms with van der Waals surface area (Å²) in [5.41, 5.74) is 1.49. The van der Waals surface area contributed by atoms with Gasteiger partial charge in [0.05, 0.1) is 0 Å². The molecular formula is C15H17NO4. The summed E-state index contributed by atoms with van der Waals surface area (Å²) in [5, 5.41) is 12.1. The molecule has 0 spiro atoms. The van der Waals surface area contributed by atoms with Gasteiger partial charge in [0.25, 0.3) is 5.91 Å². The molecule has 2 N–H and O–H groups in total. The third-order valence-corrected chi connectivity index (χ3v) is 3.01. The van der Waals surface area contributed by atoms with Gasteiger partial charge in [-0.2, -0.15) is 9.59 Å². The summed E-state index contributed by atoms with van der Waals surface area (Å²) in [7, 11) is 0. The van der Waals surface area contributed by atoms with Crippen LogP contribution >= 0.6 is 0 Å². The second-order valence-electron chi connectivity index (χ2n) is 4.70. The Balaban J connectivity index is 0.000000612. The molecule has 20 heavy (non-hydrogen) atoms. The Kier molecular flexibility index (Phi) is 6.20. The number of allylic oxidation sites excluding steroid dienone is 1. The number of hydrogen-bond acceptors (Lipinski definition) is 4. The SMILES string of the molecule is CC1CCC=C(C(=O)Nc2cccc(O)c2)C1.O=C=O. The minimum absolute atomic E-state index is 0.0536. The fourth-order valence-corrected chi connectivity index (χ4v) is 2.08. The molecule has 0 bridgehead atoms. The molecule has 5 nitrogen and oxygen atoms in total. The molecule has 2 rings (SSSR count). The van der Waals surface area contributed by atoms with Gasteiger partial charge in [0.2, 0.25) is 0 Å². The number of phenolic OH excluding ortho intramolecular Hbond substituents is 1. The molecule has 0 fully saturated rings. The van der Waals surface area contributed by atoms with Gasteiger partial charge in [-0.25, -0.2) is 0 Å². The van der Waals surface area contributed by atoms with Crippen LogP contribution in [-0.2, 0) is 14.4 Å². The van der Waals surface area contributed by atoms with Gasteiger partial charge in [-0.05, 0) is 37.3 Å². The number of nitrogens with one attached hydrogen (secondary N) is 1. The van der Waals surface area contributed by atoms with Gasteiger partial charge in [-0.15, -0.1) is 0 Å². The largest absolute Gasteiger partial charge is 0.508 e. The van der Waals surface area contributed by atoms with Crippen molar-refractivity contribution in [3.63, 3.8) is 0 Å². The van der Waals surface area contributed by atoms with Crippen LogP contribution in [-0.4, -0.2) is 17.2 Å². The Morgan fingerprint density at radius 2 is 2.10 bits per heavy atom. The highest BCUT2D eigenvalue weighted by Crippen LogP contribution is 2.24. The van der Waals surface area contributed by atoms with Crippen molar-refractivity contribution in [3.8, 4) is 5.75 Å². The van der Waals surface area contributed by atoms with Gasteiger partial charge in [-0.1, -0.05) is 19.1 Å². The number of amides is 1. The van der Waals surface area contributed by atoms with E-state index in [0.29, 0.717) is 11.6 Å². The van der Waals surface area contributed by atoms with E-state index in [-0.39, 0.29) is 17.8 Å². The highest BCUT2D eigenvalue weighted by atomic mass is 16.3. The van der Waals surface area contributed by atoms with Gasteiger partial charge in [0, 0.05) is 17.3 Å². The predicted octanol–water partition coefficient (Wildman–Crippen LogP) is 2.49. The monoisotopic (exact) mass is 275 g/mol. The molecule has 1 aliphatic carbocycles. The van der Waals surface area contributed by atoms with E-state index in [9.17, 15) is 9.90 Å². The Bertz CT molecular complexity index is 530. The lowest BCUT2D eigenvalue weighted by molar-refractivity contribution is -0.191. The normalized spacial score (nSPS) is 17.1. The Labute approximate surface area is 117 Å². The van der Waals surface area contributed by atoms with Crippen LogP contribution in [0.5, 0.6) is 5.75 Å². The number of rotatable bonds is 2. The molecule has 1 unspecified atom stereocenters. The summed E-state index contributed by atoms with van der Waals surface area (Å²) in [6, 6.07) is 6.61. The van der Waals surface area contributed by atoms with Crippen molar-refractivity contribution in [2.24, 2.45) is 5.92 Å². The van der Waals surface area contributed by atoms with E-state index in [4.69, 9.17) is 9.59 Å². The van der Waals surface area contributed by atoms with Gasteiger partial charge in [-0.3, -0.25) is 4.79 Å². The van der Waals surface area contributed by atoms with Crippen molar-refractivity contribution >= 4 is 17.7 Å². The first-order valence-corrected chi connectivity index (χ1v) is 6.35. The number of carbonyl (C=O) groups excluding carboxylic acids is 3. The molecule has 1 aromatic rings. The number of carbonyl (C=O) groups is 1. The third-order valence-electron chi connectivity index (χ3n) is 3.01. The van der Waals surface area contributed by atoms with E-state index in [1.54, 1.807) is 24.3 Å². The molecule has 0 heterocycles. The minimum Gasteiger partial charge on any atom is -0.508 e. The second kappa shape index (κ2) is 7.92. The molecule has 1 amide bonds. The summed E-state index contributed by atoms with van der Waals surface area (Å²) in [4.78, 5) is 28.2. The zero-order valence-corrected chi connectivity index (χ0v) is 11.3. The number of phenols is 1. The zero-order valence-electron chi connectivity index (χ0n) is 11.3. The van der Waals surface area contributed by atoms with Crippen molar-refractivity contribution < 1.29 is 19.5 Å². The van der Waals surface area contributed by atoms with E-state index >= 15 is 0 Å². The quantitative estimate of drug-likeness (QED) is 0.868. The maximum atomic E-state index is 12.0. The summed E-state index contributed by atoms with van der Waals surface area (Å²) in [5.74, 6) is 0.681. The number of anilines is 1. The molecule has 5 heteroatoms. The van der Waals surface area contributed by atoms with Gasteiger partial charge < -0.3 is 10.4 Å². The lowest BCUT2D eigenvalue weighted by atomic mass is 9.90. The van der Waals surface area contributed by atoms with Crippen LogP contribution in [0.1, 0.15) is 26.2 Å². The van der Waals surface area contributed by atoms with E-state index in [1.165, 1.54) is 0 Å². The van der Waals surface area contributed by atoms with Crippen molar-refractivity contribution in [1.82, 2.24) is 0 Å².